The minimum Gasteiger partial charge on any atom is -0.463 e. The molecule has 3 aromatic rings. The van der Waals surface area contributed by atoms with E-state index in [1.807, 2.05) is 31.2 Å². The maximum Gasteiger partial charge on any atom is 0.374 e. The molecule has 0 aliphatic heterocycles. The Bertz CT molecular complexity index is 855. The summed E-state index contributed by atoms with van der Waals surface area (Å²) in [4.78, 5) is 11.6. The highest BCUT2D eigenvalue weighted by Crippen LogP contribution is 2.26. The first kappa shape index (κ1) is 16.1. The Kier molecular flexibility index (Phi) is 4.57. The first-order valence-electron chi connectivity index (χ1n) is 7.15. The normalized spacial score (nSPS) is 10.8. The number of furan rings is 1. The Hall–Kier alpha value is -2.74. The molecule has 0 aliphatic carbocycles. The molecule has 8 heteroatoms. The number of esters is 1. The highest BCUT2D eigenvalue weighted by molar-refractivity contribution is 7.98. The zero-order valence-electron chi connectivity index (χ0n) is 13.2. The molecule has 0 bridgehead atoms. The topological polar surface area (TPSA) is 96.2 Å². The van der Waals surface area contributed by atoms with Gasteiger partial charge in [-0.05, 0) is 13.0 Å². The van der Waals surface area contributed by atoms with Crippen molar-refractivity contribution in [1.29, 1.82) is 0 Å². The van der Waals surface area contributed by atoms with Crippen LogP contribution in [-0.2, 0) is 10.5 Å². The van der Waals surface area contributed by atoms with E-state index in [1.54, 1.807) is 6.07 Å². The molecule has 3 rings (SSSR count). The largest absolute Gasteiger partial charge is 0.463 e. The summed E-state index contributed by atoms with van der Waals surface area (Å²) in [5, 5.41) is 8.80. The van der Waals surface area contributed by atoms with Crippen LogP contribution in [0.2, 0.25) is 0 Å². The summed E-state index contributed by atoms with van der Waals surface area (Å²) in [5.74, 6) is 6.81. The van der Waals surface area contributed by atoms with E-state index in [4.69, 9.17) is 10.3 Å². The number of benzene rings is 1. The molecule has 2 aromatic heterocycles. The van der Waals surface area contributed by atoms with Gasteiger partial charge in [0.15, 0.2) is 5.82 Å². The van der Waals surface area contributed by atoms with Crippen LogP contribution < -0.4 is 5.84 Å². The van der Waals surface area contributed by atoms with Gasteiger partial charge in [0.1, 0.15) is 0 Å². The number of nitrogens with two attached hydrogens (primary N) is 1. The van der Waals surface area contributed by atoms with Crippen LogP contribution in [-0.4, -0.2) is 28.0 Å². The van der Waals surface area contributed by atoms with Crippen molar-refractivity contribution in [2.75, 3.05) is 13.0 Å². The van der Waals surface area contributed by atoms with Crippen molar-refractivity contribution in [3.05, 3.63) is 53.5 Å². The van der Waals surface area contributed by atoms with Crippen LogP contribution in [0.15, 0.2) is 46.2 Å². The van der Waals surface area contributed by atoms with Crippen molar-refractivity contribution < 1.29 is 13.9 Å². The number of hydrogen-bond donors (Lipinski definition) is 1. The van der Waals surface area contributed by atoms with Gasteiger partial charge in [0.05, 0.1) is 13.4 Å². The number of carbonyl (C=O) groups excluding carboxylic acids is 1. The van der Waals surface area contributed by atoms with Crippen molar-refractivity contribution >= 4 is 17.7 Å². The van der Waals surface area contributed by atoms with E-state index >= 15 is 0 Å². The molecule has 0 unspecified atom stereocenters. The SMILES string of the molecule is COC(=O)c1occc1CSc1nnc(-c2ccc(C)cc2)n1N. The quantitative estimate of drug-likeness (QED) is 0.432. The van der Waals surface area contributed by atoms with E-state index in [2.05, 4.69) is 14.9 Å². The van der Waals surface area contributed by atoms with Crippen LogP contribution in [0.1, 0.15) is 21.7 Å². The Balaban J connectivity index is 1.77. The second-order valence-electron chi connectivity index (χ2n) is 5.10. The van der Waals surface area contributed by atoms with Crippen LogP contribution in [0, 0.1) is 6.92 Å². The monoisotopic (exact) mass is 344 g/mol. The molecule has 0 saturated carbocycles. The van der Waals surface area contributed by atoms with E-state index in [1.165, 1.54) is 29.8 Å². The lowest BCUT2D eigenvalue weighted by atomic mass is 10.1. The van der Waals surface area contributed by atoms with Crippen LogP contribution >= 0.6 is 11.8 Å². The van der Waals surface area contributed by atoms with Gasteiger partial charge in [-0.1, -0.05) is 41.6 Å². The Morgan fingerprint density at radius 1 is 1.29 bits per heavy atom. The van der Waals surface area contributed by atoms with Crippen molar-refractivity contribution in [2.24, 2.45) is 0 Å². The fraction of sp³-hybridized carbons (Fsp3) is 0.188. The molecular weight excluding hydrogens is 328 g/mol. The zero-order chi connectivity index (χ0) is 17.1. The minimum atomic E-state index is -0.509. The van der Waals surface area contributed by atoms with Gasteiger partial charge in [-0.3, -0.25) is 0 Å². The minimum absolute atomic E-state index is 0.187. The van der Waals surface area contributed by atoms with E-state index in [9.17, 15) is 4.79 Å². The average Bonchev–Trinajstić information content (AvgIpc) is 3.20. The third kappa shape index (κ3) is 3.13. The van der Waals surface area contributed by atoms with Crippen molar-refractivity contribution in [3.63, 3.8) is 0 Å². The lowest BCUT2D eigenvalue weighted by molar-refractivity contribution is 0.0564. The number of nitrogen functional groups attached to an aromatic ring is 1. The molecule has 2 heterocycles. The number of ether oxygens (including phenoxy) is 1. The van der Waals surface area contributed by atoms with Crippen LogP contribution in [0.4, 0.5) is 0 Å². The highest BCUT2D eigenvalue weighted by atomic mass is 32.2. The number of hydrogen-bond acceptors (Lipinski definition) is 7. The predicted octanol–water partition coefficient (Wildman–Crippen LogP) is 2.64. The molecule has 0 fully saturated rings. The second kappa shape index (κ2) is 6.79. The molecule has 0 amide bonds. The zero-order valence-corrected chi connectivity index (χ0v) is 14.0. The summed E-state index contributed by atoms with van der Waals surface area (Å²) in [6, 6.07) is 9.60. The lowest BCUT2D eigenvalue weighted by Gasteiger charge is -2.04. The van der Waals surface area contributed by atoms with Gasteiger partial charge < -0.3 is 15.0 Å². The van der Waals surface area contributed by atoms with Gasteiger partial charge in [0.2, 0.25) is 10.9 Å². The van der Waals surface area contributed by atoms with Crippen LogP contribution in [0.3, 0.4) is 0 Å². The molecule has 24 heavy (non-hydrogen) atoms. The molecule has 0 saturated heterocycles. The molecule has 7 nitrogen and oxygen atoms in total. The number of nitrogens with zero attached hydrogens (tertiary/aromatic N) is 3. The van der Waals surface area contributed by atoms with Gasteiger partial charge in [0, 0.05) is 16.9 Å². The van der Waals surface area contributed by atoms with Gasteiger partial charge in [-0.25, -0.2) is 9.47 Å². The third-order valence-electron chi connectivity index (χ3n) is 3.45. The van der Waals surface area contributed by atoms with E-state index in [0.29, 0.717) is 22.3 Å². The molecule has 124 valence electrons. The summed E-state index contributed by atoms with van der Waals surface area (Å²) >= 11 is 1.36. The van der Waals surface area contributed by atoms with Crippen LogP contribution in [0.25, 0.3) is 11.4 Å². The molecule has 0 radical (unpaired) electrons. The number of thioether (sulfide) groups is 1. The van der Waals surface area contributed by atoms with Crippen LogP contribution in [0.5, 0.6) is 0 Å². The van der Waals surface area contributed by atoms with Gasteiger partial charge >= 0.3 is 5.97 Å². The summed E-state index contributed by atoms with van der Waals surface area (Å²) < 4.78 is 11.3. The van der Waals surface area contributed by atoms with Crippen molar-refractivity contribution in [3.8, 4) is 11.4 Å². The number of carbonyl (C=O) groups is 1. The maximum absolute atomic E-state index is 11.6. The fourth-order valence-corrected chi connectivity index (χ4v) is 2.97. The lowest BCUT2D eigenvalue weighted by Crippen LogP contribution is -2.11. The van der Waals surface area contributed by atoms with Gasteiger partial charge in [-0.15, -0.1) is 10.2 Å². The summed E-state index contributed by atoms with van der Waals surface area (Å²) in [5.41, 5.74) is 2.76. The highest BCUT2D eigenvalue weighted by Gasteiger charge is 2.18. The molecule has 2 N–H and O–H groups in total. The first-order valence-corrected chi connectivity index (χ1v) is 8.13. The number of rotatable bonds is 5. The van der Waals surface area contributed by atoms with Crippen molar-refractivity contribution in [2.45, 2.75) is 17.8 Å². The molecular formula is C16H16N4O3S. The number of aromatic nitrogens is 3. The predicted molar refractivity (Wildman–Crippen MR) is 90.0 cm³/mol. The Morgan fingerprint density at radius 3 is 2.75 bits per heavy atom. The standard InChI is InChI=1S/C16H16N4O3S/c1-10-3-5-11(6-4-10)14-18-19-16(20(14)17)24-9-12-7-8-23-13(12)15(21)22-2/h3-8H,9,17H2,1-2H3. The third-order valence-corrected chi connectivity index (χ3v) is 4.44. The number of methoxy groups -OCH3 is 1. The van der Waals surface area contributed by atoms with E-state index in [0.717, 1.165) is 11.1 Å². The summed E-state index contributed by atoms with van der Waals surface area (Å²) in [7, 11) is 1.31. The molecule has 1 aromatic carbocycles. The summed E-state index contributed by atoms with van der Waals surface area (Å²) in [6.07, 6.45) is 1.45. The number of aryl methyl sites for hydroxylation is 1. The Morgan fingerprint density at radius 2 is 2.04 bits per heavy atom. The molecule has 0 spiro atoms. The van der Waals surface area contributed by atoms with E-state index < -0.39 is 5.97 Å². The molecule has 0 atom stereocenters. The fourth-order valence-electron chi connectivity index (χ4n) is 2.14. The Labute approximate surface area is 142 Å². The van der Waals surface area contributed by atoms with Crippen molar-refractivity contribution in [1.82, 2.24) is 14.9 Å². The average molecular weight is 344 g/mol. The van der Waals surface area contributed by atoms with E-state index in [-0.39, 0.29) is 5.76 Å². The van der Waals surface area contributed by atoms with Gasteiger partial charge in [-0.2, -0.15) is 0 Å². The second-order valence-corrected chi connectivity index (χ2v) is 6.04. The smallest absolute Gasteiger partial charge is 0.374 e. The maximum atomic E-state index is 11.6. The first-order chi connectivity index (χ1) is 11.6. The van der Waals surface area contributed by atoms with Gasteiger partial charge in [0.25, 0.3) is 0 Å². The molecule has 0 aliphatic rings. The summed E-state index contributed by atoms with van der Waals surface area (Å²) in [6.45, 7) is 2.02.